The quantitative estimate of drug-likeness (QED) is 0.317. The van der Waals surface area contributed by atoms with E-state index in [9.17, 15) is 0 Å². The standard InChI is InChI=1S/8C2H6N.2Hf/c8*1-3-2;;/h8*1-2H3;;/q8*-1;2*+4. The summed E-state index contributed by atoms with van der Waals surface area (Å²) in [6.07, 6.45) is 0. The van der Waals surface area contributed by atoms with Crippen LogP contribution in [0, 0.1) is 0 Å². The van der Waals surface area contributed by atoms with Crippen LogP contribution in [-0.4, -0.2) is 113 Å². The normalized spacial score (nSPS) is 5.54. The van der Waals surface area contributed by atoms with E-state index >= 15 is 0 Å². The predicted octanol–water partition coefficient (Wildman–Crippen LogP) is 4.95. The van der Waals surface area contributed by atoms with Crippen molar-refractivity contribution in [3.63, 3.8) is 0 Å². The van der Waals surface area contributed by atoms with Crippen LogP contribution >= 0.6 is 0 Å². The summed E-state index contributed by atoms with van der Waals surface area (Å²) in [5.41, 5.74) is 0. The van der Waals surface area contributed by atoms with Crippen LogP contribution in [0.1, 0.15) is 0 Å². The molecule has 0 aromatic carbocycles. The van der Waals surface area contributed by atoms with Gasteiger partial charge in [-0.1, -0.05) is 0 Å². The second-order valence-corrected chi connectivity index (χ2v) is 3.58. The first kappa shape index (κ1) is 63.1. The fraction of sp³-hybridized carbons (Fsp3) is 1.00. The molecule has 0 aromatic heterocycles. The first-order valence-electron chi connectivity index (χ1n) is 7.16. The average molecular weight is 710 g/mol. The second kappa shape index (κ2) is 192. The Bertz CT molecular complexity index is 56.2. The van der Waals surface area contributed by atoms with Crippen LogP contribution < -0.4 is 0 Å². The van der Waals surface area contributed by atoms with E-state index < -0.39 is 0 Å². The number of rotatable bonds is 0. The number of nitrogens with zero attached hydrogens (tertiary/aromatic N) is 8. The molecule has 0 aromatic rings. The molecule has 0 aliphatic carbocycles. The summed E-state index contributed by atoms with van der Waals surface area (Å²) in [6.45, 7) is 0. The maximum atomic E-state index is 3.50. The molecule has 0 saturated heterocycles. The van der Waals surface area contributed by atoms with E-state index in [1.54, 1.807) is 113 Å². The molecule has 0 aliphatic rings. The van der Waals surface area contributed by atoms with Crippen LogP contribution in [0.15, 0.2) is 0 Å². The zero-order chi connectivity index (χ0) is 21.7. The van der Waals surface area contributed by atoms with Gasteiger partial charge in [0.25, 0.3) is 0 Å². The first-order chi connectivity index (χ1) is 11.3. The van der Waals surface area contributed by atoms with E-state index in [1.807, 2.05) is 0 Å². The smallest absolute Gasteiger partial charge is 0.668 e. The predicted molar refractivity (Wildman–Crippen MR) is 122 cm³/mol. The molecule has 160 valence electrons. The largest absolute Gasteiger partial charge is 4.00 e. The van der Waals surface area contributed by atoms with E-state index in [2.05, 4.69) is 42.5 Å². The zero-order valence-electron chi connectivity index (χ0n) is 20.6. The van der Waals surface area contributed by atoms with Crippen molar-refractivity contribution < 1.29 is 51.7 Å². The van der Waals surface area contributed by atoms with Crippen molar-refractivity contribution in [3.8, 4) is 0 Å². The third-order valence-electron chi connectivity index (χ3n) is 0. The molecule has 0 heterocycles. The van der Waals surface area contributed by atoms with Gasteiger partial charge in [0.15, 0.2) is 0 Å². The van der Waals surface area contributed by atoms with Gasteiger partial charge in [-0.15, -0.1) is 0 Å². The van der Waals surface area contributed by atoms with Gasteiger partial charge in [0.2, 0.25) is 0 Å². The van der Waals surface area contributed by atoms with Crippen molar-refractivity contribution in [1.29, 1.82) is 0 Å². The van der Waals surface area contributed by atoms with Crippen LogP contribution in [0.25, 0.3) is 42.5 Å². The zero-order valence-corrected chi connectivity index (χ0v) is 27.8. The molecule has 0 bridgehead atoms. The van der Waals surface area contributed by atoms with Crippen molar-refractivity contribution in [2.45, 2.75) is 0 Å². The van der Waals surface area contributed by atoms with E-state index in [-0.39, 0.29) is 51.7 Å². The van der Waals surface area contributed by atoms with Gasteiger partial charge in [-0.05, 0) is 0 Å². The van der Waals surface area contributed by atoms with Gasteiger partial charge in [0, 0.05) is 0 Å². The van der Waals surface area contributed by atoms with Gasteiger partial charge in [-0.25, -0.2) is 0 Å². The molecule has 0 radical (unpaired) electrons. The van der Waals surface area contributed by atoms with Crippen molar-refractivity contribution in [3.05, 3.63) is 42.5 Å². The van der Waals surface area contributed by atoms with E-state index in [0.717, 1.165) is 0 Å². The molecule has 0 saturated carbocycles. The monoisotopic (exact) mass is 712 g/mol. The maximum absolute atomic E-state index is 3.50. The van der Waals surface area contributed by atoms with Crippen molar-refractivity contribution in [2.24, 2.45) is 0 Å². The summed E-state index contributed by atoms with van der Waals surface area (Å²) in [5, 5.41) is 28.0. The van der Waals surface area contributed by atoms with Crippen LogP contribution in [0.2, 0.25) is 0 Å². The van der Waals surface area contributed by atoms with Crippen molar-refractivity contribution in [2.75, 3.05) is 113 Å². The third kappa shape index (κ3) is 7520. The minimum absolute atomic E-state index is 0. The SMILES string of the molecule is C[N-]C.C[N-]C.C[N-]C.C[N-]C.C[N-]C.C[N-]C.C[N-]C.C[N-]C.[Hf+4].[Hf+4]. The van der Waals surface area contributed by atoms with Crippen molar-refractivity contribution >= 4 is 0 Å². The van der Waals surface area contributed by atoms with E-state index in [4.69, 9.17) is 0 Å². The van der Waals surface area contributed by atoms with Gasteiger partial charge >= 0.3 is 51.7 Å². The van der Waals surface area contributed by atoms with Crippen LogP contribution in [0.3, 0.4) is 0 Å². The molecule has 8 nitrogen and oxygen atoms in total. The van der Waals surface area contributed by atoms with Crippen LogP contribution in [0.4, 0.5) is 0 Å². The molecule has 0 fully saturated rings. The Morgan fingerprint density at radius 2 is 0.192 bits per heavy atom. The van der Waals surface area contributed by atoms with Crippen LogP contribution in [0.5, 0.6) is 0 Å². The van der Waals surface area contributed by atoms with Crippen LogP contribution in [-0.2, 0) is 51.7 Å². The molecule has 0 N–H and O–H groups in total. The fourth-order valence-electron chi connectivity index (χ4n) is 0. The molecule has 0 aliphatic heterocycles. The molecule has 0 atom stereocenters. The summed E-state index contributed by atoms with van der Waals surface area (Å²) >= 11 is 0. The molecule has 0 unspecified atom stereocenters. The van der Waals surface area contributed by atoms with Crippen molar-refractivity contribution in [1.82, 2.24) is 0 Å². The number of hydrogen-bond acceptors (Lipinski definition) is 0. The Kier molecular flexibility index (Phi) is 467. The van der Waals surface area contributed by atoms with Gasteiger partial charge in [0.1, 0.15) is 0 Å². The summed E-state index contributed by atoms with van der Waals surface area (Å²) in [5.74, 6) is 0. The summed E-state index contributed by atoms with van der Waals surface area (Å²) in [4.78, 5) is 0. The fourth-order valence-corrected chi connectivity index (χ4v) is 0. The maximum Gasteiger partial charge on any atom is 4.00 e. The molecule has 0 amide bonds. The number of hydrogen-bond donors (Lipinski definition) is 0. The third-order valence-corrected chi connectivity index (χ3v) is 0. The minimum atomic E-state index is 0. The molecule has 0 spiro atoms. The second-order valence-electron chi connectivity index (χ2n) is 3.58. The molecule has 10 heteroatoms. The molecule has 26 heavy (non-hydrogen) atoms. The van der Waals surface area contributed by atoms with Gasteiger partial charge in [-0.2, -0.15) is 113 Å². The van der Waals surface area contributed by atoms with Gasteiger partial charge < -0.3 is 42.5 Å². The molecular formula is C16H48Hf2N8. The summed E-state index contributed by atoms with van der Waals surface area (Å²) in [7, 11) is 28.0. The average Bonchev–Trinajstić information content (AvgIpc) is 2.45. The summed E-state index contributed by atoms with van der Waals surface area (Å²) in [6, 6.07) is 0. The summed E-state index contributed by atoms with van der Waals surface area (Å²) < 4.78 is 0. The Labute approximate surface area is 205 Å². The van der Waals surface area contributed by atoms with E-state index in [0.29, 0.717) is 0 Å². The molecule has 0 rings (SSSR count). The Morgan fingerprint density at radius 1 is 0.192 bits per heavy atom. The van der Waals surface area contributed by atoms with Gasteiger partial charge in [0.05, 0.1) is 0 Å². The van der Waals surface area contributed by atoms with E-state index in [1.165, 1.54) is 0 Å². The molecular weight excluding hydrogens is 661 g/mol. The Hall–Kier alpha value is 1.42. The Morgan fingerprint density at radius 3 is 0.192 bits per heavy atom. The topological polar surface area (TPSA) is 113 Å². The van der Waals surface area contributed by atoms with Gasteiger partial charge in [-0.3, -0.25) is 0 Å². The first-order valence-corrected chi connectivity index (χ1v) is 7.16. The Balaban J connectivity index is -0.0000000139. The minimum Gasteiger partial charge on any atom is -0.668 e.